The van der Waals surface area contributed by atoms with E-state index in [1.165, 1.54) is 0 Å². The first-order chi connectivity index (χ1) is 7.29. The second-order valence-electron chi connectivity index (χ2n) is 3.53. The van der Waals surface area contributed by atoms with Crippen LogP contribution < -0.4 is 14.8 Å². The normalized spacial score (nSPS) is 20.3. The zero-order valence-electron chi connectivity index (χ0n) is 8.63. The molecule has 0 aliphatic carbocycles. The minimum Gasteiger partial charge on any atom is -0.493 e. The zero-order chi connectivity index (χ0) is 10.7. The van der Waals surface area contributed by atoms with Crippen LogP contribution in [0.3, 0.4) is 0 Å². The summed E-state index contributed by atoms with van der Waals surface area (Å²) in [7, 11) is 1.65. The first-order valence-electron chi connectivity index (χ1n) is 5.00. The van der Waals surface area contributed by atoms with Crippen molar-refractivity contribution in [1.82, 2.24) is 5.32 Å². The Hall–Kier alpha value is -0.740. The summed E-state index contributed by atoms with van der Waals surface area (Å²) in [6.07, 6.45) is 1.32. The van der Waals surface area contributed by atoms with E-state index in [2.05, 4.69) is 21.2 Å². The van der Waals surface area contributed by atoms with Gasteiger partial charge in [0.05, 0.1) is 7.11 Å². The van der Waals surface area contributed by atoms with Crippen LogP contribution in [0.25, 0.3) is 0 Å². The molecule has 1 N–H and O–H groups in total. The Morgan fingerprint density at radius 2 is 2.27 bits per heavy atom. The van der Waals surface area contributed by atoms with E-state index in [1.807, 2.05) is 18.2 Å². The van der Waals surface area contributed by atoms with E-state index in [9.17, 15) is 0 Å². The van der Waals surface area contributed by atoms with E-state index in [1.54, 1.807) is 7.11 Å². The smallest absolute Gasteiger partial charge is 0.161 e. The van der Waals surface area contributed by atoms with Gasteiger partial charge in [0.15, 0.2) is 11.5 Å². The van der Waals surface area contributed by atoms with Gasteiger partial charge in [-0.15, -0.1) is 0 Å². The summed E-state index contributed by atoms with van der Waals surface area (Å²) in [5.41, 5.74) is 0. The summed E-state index contributed by atoms with van der Waals surface area (Å²) in [4.78, 5) is 0. The highest BCUT2D eigenvalue weighted by atomic mass is 79.9. The predicted molar refractivity (Wildman–Crippen MR) is 62.6 cm³/mol. The van der Waals surface area contributed by atoms with E-state index in [0.29, 0.717) is 0 Å². The maximum absolute atomic E-state index is 5.84. The van der Waals surface area contributed by atoms with E-state index in [-0.39, 0.29) is 6.10 Å². The van der Waals surface area contributed by atoms with Crippen molar-refractivity contribution >= 4 is 15.9 Å². The lowest BCUT2D eigenvalue weighted by molar-refractivity contribution is 0.212. The lowest BCUT2D eigenvalue weighted by Gasteiger charge is -2.15. The first-order valence-corrected chi connectivity index (χ1v) is 5.80. The topological polar surface area (TPSA) is 30.5 Å². The minimum atomic E-state index is 0.264. The van der Waals surface area contributed by atoms with Crippen molar-refractivity contribution in [2.45, 2.75) is 12.5 Å². The van der Waals surface area contributed by atoms with E-state index >= 15 is 0 Å². The van der Waals surface area contributed by atoms with Gasteiger partial charge in [0.25, 0.3) is 0 Å². The predicted octanol–water partition coefficient (Wildman–Crippen LogP) is 2.20. The lowest BCUT2D eigenvalue weighted by Crippen LogP contribution is -2.19. The molecule has 1 aliphatic rings. The highest BCUT2D eigenvalue weighted by molar-refractivity contribution is 9.10. The molecule has 4 heteroatoms. The SMILES string of the molecule is COc1cc(Br)ccc1OC1CCNC1. The molecule has 3 nitrogen and oxygen atoms in total. The van der Waals surface area contributed by atoms with Crippen molar-refractivity contribution in [1.29, 1.82) is 0 Å². The number of rotatable bonds is 3. The highest BCUT2D eigenvalue weighted by Crippen LogP contribution is 2.31. The fourth-order valence-electron chi connectivity index (χ4n) is 1.65. The van der Waals surface area contributed by atoms with Crippen LogP contribution in [-0.4, -0.2) is 26.3 Å². The van der Waals surface area contributed by atoms with Crippen LogP contribution in [0.5, 0.6) is 11.5 Å². The van der Waals surface area contributed by atoms with Gasteiger partial charge in [-0.05, 0) is 31.2 Å². The largest absolute Gasteiger partial charge is 0.493 e. The van der Waals surface area contributed by atoms with E-state index in [4.69, 9.17) is 9.47 Å². The van der Waals surface area contributed by atoms with Crippen molar-refractivity contribution in [2.75, 3.05) is 20.2 Å². The molecule has 82 valence electrons. The minimum absolute atomic E-state index is 0.264. The number of benzene rings is 1. The fourth-order valence-corrected chi connectivity index (χ4v) is 1.99. The van der Waals surface area contributed by atoms with Crippen molar-refractivity contribution in [3.05, 3.63) is 22.7 Å². The van der Waals surface area contributed by atoms with Gasteiger partial charge in [0.1, 0.15) is 6.10 Å². The molecule has 0 amide bonds. The molecule has 1 heterocycles. The molecule has 15 heavy (non-hydrogen) atoms. The molecule has 1 unspecified atom stereocenters. The number of nitrogens with one attached hydrogen (secondary N) is 1. The van der Waals surface area contributed by atoms with Crippen LogP contribution in [0.15, 0.2) is 22.7 Å². The number of hydrogen-bond acceptors (Lipinski definition) is 3. The molecule has 1 aromatic carbocycles. The Balaban J connectivity index is 2.12. The second kappa shape index (κ2) is 4.86. The average Bonchev–Trinajstić information content (AvgIpc) is 2.73. The van der Waals surface area contributed by atoms with Crippen molar-refractivity contribution < 1.29 is 9.47 Å². The maximum Gasteiger partial charge on any atom is 0.161 e. The first kappa shape index (κ1) is 10.8. The van der Waals surface area contributed by atoms with Gasteiger partial charge in [-0.3, -0.25) is 0 Å². The molecule has 0 aromatic heterocycles. The van der Waals surface area contributed by atoms with Gasteiger partial charge < -0.3 is 14.8 Å². The molecule has 1 saturated heterocycles. The third kappa shape index (κ3) is 2.63. The van der Waals surface area contributed by atoms with Crippen LogP contribution >= 0.6 is 15.9 Å². The number of ether oxygens (including phenoxy) is 2. The molecule has 1 aromatic rings. The molecule has 1 atom stereocenters. The van der Waals surface area contributed by atoms with Crippen LogP contribution in [0, 0.1) is 0 Å². The molecule has 1 aliphatic heterocycles. The molecule has 0 bridgehead atoms. The molecule has 0 radical (unpaired) electrons. The summed E-state index contributed by atoms with van der Waals surface area (Å²) in [5.74, 6) is 1.59. The third-order valence-corrected chi connectivity index (χ3v) is 2.93. The number of hydrogen-bond donors (Lipinski definition) is 1. The standard InChI is InChI=1S/C11H14BrNO2/c1-14-11-6-8(12)2-3-10(11)15-9-4-5-13-7-9/h2-3,6,9,13H,4-5,7H2,1H3. The fraction of sp³-hybridized carbons (Fsp3) is 0.455. The molecule has 0 spiro atoms. The average molecular weight is 272 g/mol. The van der Waals surface area contributed by atoms with Gasteiger partial charge in [-0.2, -0.15) is 0 Å². The van der Waals surface area contributed by atoms with Crippen LogP contribution in [0.1, 0.15) is 6.42 Å². The monoisotopic (exact) mass is 271 g/mol. The van der Waals surface area contributed by atoms with Crippen molar-refractivity contribution in [2.24, 2.45) is 0 Å². The van der Waals surface area contributed by atoms with Crippen molar-refractivity contribution in [3.63, 3.8) is 0 Å². The van der Waals surface area contributed by atoms with Gasteiger partial charge in [-0.25, -0.2) is 0 Å². The summed E-state index contributed by atoms with van der Waals surface area (Å²) in [6.45, 7) is 1.95. The molecule has 1 fully saturated rings. The van der Waals surface area contributed by atoms with Gasteiger partial charge in [-0.1, -0.05) is 15.9 Å². The molecular formula is C11H14BrNO2. The highest BCUT2D eigenvalue weighted by Gasteiger charge is 2.17. The summed E-state index contributed by atoms with van der Waals surface area (Å²) < 4.78 is 12.1. The third-order valence-electron chi connectivity index (χ3n) is 2.43. The van der Waals surface area contributed by atoms with Crippen LogP contribution in [0.2, 0.25) is 0 Å². The Kier molecular flexibility index (Phi) is 3.49. The van der Waals surface area contributed by atoms with Crippen LogP contribution in [0.4, 0.5) is 0 Å². The Labute approximate surface area is 97.9 Å². The summed E-state index contributed by atoms with van der Waals surface area (Å²) in [5, 5.41) is 3.27. The maximum atomic E-state index is 5.84. The number of halogens is 1. The van der Waals surface area contributed by atoms with Gasteiger partial charge in [0, 0.05) is 11.0 Å². The van der Waals surface area contributed by atoms with Gasteiger partial charge in [0.2, 0.25) is 0 Å². The molecule has 2 rings (SSSR count). The van der Waals surface area contributed by atoms with Crippen LogP contribution in [-0.2, 0) is 0 Å². The zero-order valence-corrected chi connectivity index (χ0v) is 10.2. The Morgan fingerprint density at radius 1 is 1.40 bits per heavy atom. The van der Waals surface area contributed by atoms with Crippen molar-refractivity contribution in [3.8, 4) is 11.5 Å². The second-order valence-corrected chi connectivity index (χ2v) is 4.44. The molecular weight excluding hydrogens is 258 g/mol. The van der Waals surface area contributed by atoms with E-state index in [0.717, 1.165) is 35.5 Å². The Morgan fingerprint density at radius 3 is 2.93 bits per heavy atom. The summed E-state index contributed by atoms with van der Waals surface area (Å²) in [6, 6.07) is 5.80. The van der Waals surface area contributed by atoms with E-state index < -0.39 is 0 Å². The number of methoxy groups -OCH3 is 1. The van der Waals surface area contributed by atoms with Gasteiger partial charge >= 0.3 is 0 Å². The quantitative estimate of drug-likeness (QED) is 0.915. The summed E-state index contributed by atoms with van der Waals surface area (Å²) >= 11 is 3.40. The molecule has 0 saturated carbocycles. The Bertz CT molecular complexity index is 337. The lowest BCUT2D eigenvalue weighted by atomic mass is 10.3.